The Hall–Kier alpha value is -1.84. The molecule has 1 aromatic carbocycles. The molecule has 20 heavy (non-hydrogen) atoms. The second-order valence-electron chi connectivity index (χ2n) is 6.64. The lowest BCUT2D eigenvalue weighted by Crippen LogP contribution is -2.12. The fourth-order valence-electron chi connectivity index (χ4n) is 2.52. The second-order valence-corrected chi connectivity index (χ2v) is 6.64. The highest BCUT2D eigenvalue weighted by Crippen LogP contribution is 2.27. The zero-order valence-electron chi connectivity index (χ0n) is 12.6. The van der Waals surface area contributed by atoms with E-state index >= 15 is 0 Å². The molecule has 2 aromatic rings. The molecule has 0 aliphatic heterocycles. The zero-order chi connectivity index (χ0) is 14.8. The molecule has 1 N–H and O–H groups in total. The van der Waals surface area contributed by atoms with Gasteiger partial charge in [-0.1, -0.05) is 45.0 Å². The van der Waals surface area contributed by atoms with Crippen LogP contribution in [0, 0.1) is 11.3 Å². The largest absolute Gasteiger partial charge is 0.508 e. The van der Waals surface area contributed by atoms with E-state index < -0.39 is 0 Å². The Labute approximate surface area is 119 Å². The van der Waals surface area contributed by atoms with Gasteiger partial charge in [0.15, 0.2) is 0 Å². The van der Waals surface area contributed by atoms with E-state index in [9.17, 15) is 5.11 Å². The molecule has 108 valence electrons. The van der Waals surface area contributed by atoms with Crippen molar-refractivity contribution in [3.63, 3.8) is 0 Å². The molecule has 1 heterocycles. The predicted octanol–water partition coefficient (Wildman–Crippen LogP) is 4.06. The van der Waals surface area contributed by atoms with E-state index in [1.54, 1.807) is 18.2 Å². The summed E-state index contributed by atoms with van der Waals surface area (Å²) in [5.74, 6) is 1.88. The summed E-state index contributed by atoms with van der Waals surface area (Å²) < 4.78 is 5.30. The molecule has 0 amide bonds. The molecular weight excluding hydrogens is 252 g/mol. The quantitative estimate of drug-likeness (QED) is 0.913. The van der Waals surface area contributed by atoms with E-state index in [2.05, 4.69) is 37.8 Å². The number of hydrogen-bond donors (Lipinski definition) is 1. The van der Waals surface area contributed by atoms with Crippen LogP contribution in [-0.4, -0.2) is 15.2 Å². The molecule has 0 saturated carbocycles. The third kappa shape index (κ3) is 4.08. The third-order valence-electron chi connectivity index (χ3n) is 3.06. The van der Waals surface area contributed by atoms with Crippen molar-refractivity contribution < 1.29 is 9.63 Å². The normalized spacial score (nSPS) is 13.4. The standard InChI is InChI=1S/C16H22N2O2/c1-11(10-16(2,3)4)8-14-17-15(18-20-14)12-6-5-7-13(19)9-12/h5-7,9,11,19H,8,10H2,1-4H3. The van der Waals surface area contributed by atoms with Crippen LogP contribution in [-0.2, 0) is 6.42 Å². The van der Waals surface area contributed by atoms with Gasteiger partial charge in [0.05, 0.1) is 0 Å². The topological polar surface area (TPSA) is 59.2 Å². The van der Waals surface area contributed by atoms with E-state index in [0.29, 0.717) is 23.0 Å². The maximum absolute atomic E-state index is 9.47. The van der Waals surface area contributed by atoms with Gasteiger partial charge in [0, 0.05) is 12.0 Å². The summed E-state index contributed by atoms with van der Waals surface area (Å²) >= 11 is 0. The van der Waals surface area contributed by atoms with Crippen LogP contribution in [0.3, 0.4) is 0 Å². The van der Waals surface area contributed by atoms with Crippen molar-refractivity contribution in [1.29, 1.82) is 0 Å². The molecule has 0 aliphatic carbocycles. The van der Waals surface area contributed by atoms with Crippen LogP contribution >= 0.6 is 0 Å². The smallest absolute Gasteiger partial charge is 0.227 e. The number of rotatable bonds is 4. The summed E-state index contributed by atoms with van der Waals surface area (Å²) in [7, 11) is 0. The minimum absolute atomic E-state index is 0.204. The lowest BCUT2D eigenvalue weighted by Gasteiger charge is -2.22. The number of phenols is 1. The van der Waals surface area contributed by atoms with E-state index in [0.717, 1.165) is 18.4 Å². The Morgan fingerprint density at radius 2 is 2.05 bits per heavy atom. The first-order valence-corrected chi connectivity index (χ1v) is 6.95. The molecule has 1 unspecified atom stereocenters. The van der Waals surface area contributed by atoms with Gasteiger partial charge in [-0.3, -0.25) is 0 Å². The maximum Gasteiger partial charge on any atom is 0.227 e. The average molecular weight is 274 g/mol. The van der Waals surface area contributed by atoms with E-state index in [1.807, 2.05) is 6.07 Å². The van der Waals surface area contributed by atoms with E-state index in [1.165, 1.54) is 0 Å². The third-order valence-corrected chi connectivity index (χ3v) is 3.06. The molecule has 0 radical (unpaired) electrons. The van der Waals surface area contributed by atoms with Gasteiger partial charge in [0.25, 0.3) is 0 Å². The molecule has 0 aliphatic rings. The Kier molecular flexibility index (Phi) is 4.12. The summed E-state index contributed by atoms with van der Waals surface area (Å²) in [5.41, 5.74) is 1.07. The van der Waals surface area contributed by atoms with Crippen LogP contribution in [0.15, 0.2) is 28.8 Å². The van der Waals surface area contributed by atoms with Crippen molar-refractivity contribution in [2.24, 2.45) is 11.3 Å². The van der Waals surface area contributed by atoms with Crippen LogP contribution in [0.2, 0.25) is 0 Å². The summed E-state index contributed by atoms with van der Waals surface area (Å²) in [6.45, 7) is 8.89. The van der Waals surface area contributed by atoms with E-state index in [4.69, 9.17) is 4.52 Å². The lowest BCUT2D eigenvalue weighted by atomic mass is 9.84. The highest BCUT2D eigenvalue weighted by Gasteiger charge is 2.18. The Balaban J connectivity index is 2.06. The minimum Gasteiger partial charge on any atom is -0.508 e. The van der Waals surface area contributed by atoms with Crippen LogP contribution in [0.25, 0.3) is 11.4 Å². The number of hydrogen-bond acceptors (Lipinski definition) is 4. The number of benzene rings is 1. The first kappa shape index (κ1) is 14.6. The molecule has 4 nitrogen and oxygen atoms in total. The first-order valence-electron chi connectivity index (χ1n) is 6.95. The summed E-state index contributed by atoms with van der Waals surface area (Å²) in [6.07, 6.45) is 1.89. The van der Waals surface area contributed by atoms with Crippen LogP contribution in [0.5, 0.6) is 5.75 Å². The Morgan fingerprint density at radius 1 is 1.30 bits per heavy atom. The summed E-state index contributed by atoms with van der Waals surface area (Å²) in [5, 5.41) is 13.4. The lowest BCUT2D eigenvalue weighted by molar-refractivity contribution is 0.283. The highest BCUT2D eigenvalue weighted by molar-refractivity contribution is 5.56. The van der Waals surface area contributed by atoms with Crippen molar-refractivity contribution in [2.75, 3.05) is 0 Å². The molecule has 2 rings (SSSR count). The second kappa shape index (κ2) is 5.65. The molecule has 4 heteroatoms. The SMILES string of the molecule is CC(Cc1nc(-c2cccc(O)c2)no1)CC(C)(C)C. The van der Waals surface area contributed by atoms with Crippen molar-refractivity contribution in [1.82, 2.24) is 10.1 Å². The molecule has 1 aromatic heterocycles. The van der Waals surface area contributed by atoms with Crippen LogP contribution in [0.4, 0.5) is 0 Å². The Morgan fingerprint density at radius 3 is 2.70 bits per heavy atom. The average Bonchev–Trinajstić information content (AvgIpc) is 2.74. The van der Waals surface area contributed by atoms with Gasteiger partial charge in [0.2, 0.25) is 11.7 Å². The highest BCUT2D eigenvalue weighted by atomic mass is 16.5. The van der Waals surface area contributed by atoms with E-state index in [-0.39, 0.29) is 5.75 Å². The van der Waals surface area contributed by atoms with Crippen molar-refractivity contribution in [3.05, 3.63) is 30.2 Å². The number of aromatic hydroxyl groups is 1. The van der Waals surface area contributed by atoms with Gasteiger partial charge >= 0.3 is 0 Å². The number of aromatic nitrogens is 2. The van der Waals surface area contributed by atoms with Gasteiger partial charge in [-0.15, -0.1) is 0 Å². The minimum atomic E-state index is 0.204. The maximum atomic E-state index is 9.47. The molecule has 1 atom stereocenters. The number of phenolic OH excluding ortho intramolecular Hbond substituents is 1. The molecule has 0 spiro atoms. The van der Waals surface area contributed by atoms with Gasteiger partial charge < -0.3 is 9.63 Å². The first-order chi connectivity index (χ1) is 9.33. The Bertz CT molecular complexity index is 570. The predicted molar refractivity (Wildman–Crippen MR) is 78.3 cm³/mol. The van der Waals surface area contributed by atoms with Crippen LogP contribution in [0.1, 0.15) is 40.0 Å². The monoisotopic (exact) mass is 274 g/mol. The fraction of sp³-hybridized carbons (Fsp3) is 0.500. The summed E-state index contributed by atoms with van der Waals surface area (Å²) in [6, 6.07) is 6.87. The molecule has 0 saturated heterocycles. The molecular formula is C16H22N2O2. The van der Waals surface area contributed by atoms with Crippen LogP contribution < -0.4 is 0 Å². The van der Waals surface area contributed by atoms with Crippen molar-refractivity contribution in [3.8, 4) is 17.1 Å². The fourth-order valence-corrected chi connectivity index (χ4v) is 2.52. The number of nitrogens with zero attached hydrogens (tertiary/aromatic N) is 2. The van der Waals surface area contributed by atoms with Crippen molar-refractivity contribution in [2.45, 2.75) is 40.5 Å². The molecule has 0 bridgehead atoms. The summed E-state index contributed by atoms with van der Waals surface area (Å²) in [4.78, 5) is 4.40. The van der Waals surface area contributed by atoms with Gasteiger partial charge in [-0.2, -0.15) is 4.98 Å². The van der Waals surface area contributed by atoms with Gasteiger partial charge in [-0.05, 0) is 29.9 Å². The van der Waals surface area contributed by atoms with Gasteiger partial charge in [0.1, 0.15) is 5.75 Å². The van der Waals surface area contributed by atoms with Crippen molar-refractivity contribution >= 4 is 0 Å². The zero-order valence-corrected chi connectivity index (χ0v) is 12.6. The molecule has 0 fully saturated rings. The van der Waals surface area contributed by atoms with Gasteiger partial charge in [-0.25, -0.2) is 0 Å².